The maximum atomic E-state index is 12.6. The number of hydrogen-bond acceptors (Lipinski definition) is 2. The molecule has 0 spiro atoms. The van der Waals surface area contributed by atoms with Crippen molar-refractivity contribution in [3.63, 3.8) is 0 Å². The van der Waals surface area contributed by atoms with Crippen LogP contribution in [0.5, 0.6) is 0 Å². The molecule has 1 heterocycles. The molecule has 1 aromatic heterocycles. The van der Waals surface area contributed by atoms with E-state index < -0.39 is 6.55 Å². The van der Waals surface area contributed by atoms with Crippen LogP contribution in [0.15, 0.2) is 18.2 Å². The first-order chi connectivity index (χ1) is 6.61. The summed E-state index contributed by atoms with van der Waals surface area (Å²) in [6.45, 7) is -2.66. The van der Waals surface area contributed by atoms with Gasteiger partial charge < -0.3 is 5.73 Å². The average molecular weight is 309 g/mol. The van der Waals surface area contributed by atoms with Crippen molar-refractivity contribution in [1.29, 1.82) is 0 Å². The zero-order valence-corrected chi connectivity index (χ0v) is 9.07. The van der Waals surface area contributed by atoms with Gasteiger partial charge in [-0.05, 0) is 34.7 Å². The topological polar surface area (TPSA) is 43.8 Å². The molecule has 14 heavy (non-hydrogen) atoms. The largest absolute Gasteiger partial charge is 0.369 e. The molecule has 0 aliphatic heterocycles. The summed E-state index contributed by atoms with van der Waals surface area (Å²) < 4.78 is 26.7. The van der Waals surface area contributed by atoms with Crippen LogP contribution in [0.25, 0.3) is 11.0 Å². The highest BCUT2D eigenvalue weighted by molar-refractivity contribution is 14.1. The molecule has 0 saturated heterocycles. The molecule has 2 rings (SSSR count). The quantitative estimate of drug-likeness (QED) is 0.823. The Balaban J connectivity index is 2.86. The van der Waals surface area contributed by atoms with Gasteiger partial charge in [-0.3, -0.25) is 4.57 Å². The van der Waals surface area contributed by atoms with Crippen molar-refractivity contribution >= 4 is 39.6 Å². The minimum Gasteiger partial charge on any atom is -0.369 e. The molecule has 0 atom stereocenters. The van der Waals surface area contributed by atoms with Crippen molar-refractivity contribution in [2.75, 3.05) is 5.73 Å². The molecule has 3 nitrogen and oxygen atoms in total. The summed E-state index contributed by atoms with van der Waals surface area (Å²) in [7, 11) is 0. The Morgan fingerprint density at radius 2 is 2.14 bits per heavy atom. The maximum absolute atomic E-state index is 12.6. The molecular formula is C8H6F2IN3. The molecule has 0 aliphatic rings. The number of halogens is 3. The molecule has 6 heteroatoms. The lowest BCUT2D eigenvalue weighted by atomic mass is 10.3. The Kier molecular flexibility index (Phi) is 2.30. The summed E-state index contributed by atoms with van der Waals surface area (Å²) in [4.78, 5) is 3.85. The molecule has 1 aromatic carbocycles. The van der Waals surface area contributed by atoms with Gasteiger partial charge in [-0.25, -0.2) is 4.98 Å². The van der Waals surface area contributed by atoms with Crippen molar-refractivity contribution in [2.45, 2.75) is 6.55 Å². The van der Waals surface area contributed by atoms with Gasteiger partial charge in [0.1, 0.15) is 0 Å². The van der Waals surface area contributed by atoms with E-state index in [0.29, 0.717) is 14.6 Å². The summed E-state index contributed by atoms with van der Waals surface area (Å²) in [6.07, 6.45) is 0. The predicted octanol–water partition coefficient (Wildman–Crippen LogP) is 2.62. The van der Waals surface area contributed by atoms with Crippen LogP contribution in [0.4, 0.5) is 14.7 Å². The number of hydrogen-bond donors (Lipinski definition) is 1. The van der Waals surface area contributed by atoms with E-state index in [4.69, 9.17) is 5.73 Å². The molecule has 0 fully saturated rings. The molecule has 0 amide bonds. The summed E-state index contributed by atoms with van der Waals surface area (Å²) in [5.41, 5.74) is 6.28. The first-order valence-corrected chi connectivity index (χ1v) is 4.89. The normalized spacial score (nSPS) is 11.4. The zero-order chi connectivity index (χ0) is 10.3. The number of rotatable bonds is 1. The lowest BCUT2D eigenvalue weighted by Crippen LogP contribution is -2.04. The van der Waals surface area contributed by atoms with Crippen molar-refractivity contribution in [2.24, 2.45) is 0 Å². The number of alkyl halides is 2. The maximum Gasteiger partial charge on any atom is 0.321 e. The molecule has 2 aromatic rings. The van der Waals surface area contributed by atoms with Crippen molar-refractivity contribution in [3.8, 4) is 0 Å². The fourth-order valence-corrected chi connectivity index (χ4v) is 2.07. The number of imidazole rings is 1. The Hall–Kier alpha value is -0.920. The monoisotopic (exact) mass is 309 g/mol. The summed E-state index contributed by atoms with van der Waals surface area (Å²) in [6, 6.07) is 5.15. The minimum atomic E-state index is -2.66. The third-order valence-corrected chi connectivity index (χ3v) is 2.75. The second-order valence-electron chi connectivity index (χ2n) is 2.73. The molecule has 74 valence electrons. The van der Waals surface area contributed by atoms with Crippen LogP contribution >= 0.6 is 22.6 Å². The molecule has 0 radical (unpaired) electrons. The average Bonchev–Trinajstić information content (AvgIpc) is 2.42. The van der Waals surface area contributed by atoms with E-state index in [-0.39, 0.29) is 5.95 Å². The van der Waals surface area contributed by atoms with Crippen LogP contribution in [0.2, 0.25) is 0 Å². The smallest absolute Gasteiger partial charge is 0.321 e. The third-order valence-electron chi connectivity index (χ3n) is 1.88. The van der Waals surface area contributed by atoms with Gasteiger partial charge in [0.05, 0.1) is 11.0 Å². The summed E-state index contributed by atoms with van der Waals surface area (Å²) >= 11 is 1.98. The highest BCUT2D eigenvalue weighted by atomic mass is 127. The van der Waals surface area contributed by atoms with Crippen molar-refractivity contribution < 1.29 is 8.78 Å². The number of benzene rings is 1. The number of nitrogens with two attached hydrogens (primary N) is 1. The van der Waals surface area contributed by atoms with E-state index in [9.17, 15) is 8.78 Å². The fourth-order valence-electron chi connectivity index (χ4n) is 1.32. The van der Waals surface area contributed by atoms with Crippen LogP contribution in [-0.4, -0.2) is 9.55 Å². The van der Waals surface area contributed by atoms with Gasteiger partial charge in [-0.15, -0.1) is 0 Å². The molecular weight excluding hydrogens is 303 g/mol. The first kappa shape index (κ1) is 9.63. The second kappa shape index (κ2) is 3.34. The standard InChI is InChI=1S/C8H6F2IN3/c9-7(10)14-6-4(11)2-1-3-5(6)13-8(14)12/h1-3,7H,(H2,12,13). The predicted molar refractivity (Wildman–Crippen MR) is 58.1 cm³/mol. The lowest BCUT2D eigenvalue weighted by Gasteiger charge is -2.04. The van der Waals surface area contributed by atoms with Crippen LogP contribution in [0, 0.1) is 3.57 Å². The summed E-state index contributed by atoms with van der Waals surface area (Å²) in [5.74, 6) is -0.154. The zero-order valence-electron chi connectivity index (χ0n) is 6.92. The van der Waals surface area contributed by atoms with Crippen LogP contribution < -0.4 is 5.73 Å². The van der Waals surface area contributed by atoms with Gasteiger partial charge in [-0.2, -0.15) is 8.78 Å². The summed E-state index contributed by atoms with van der Waals surface area (Å²) in [5, 5.41) is 0. The van der Waals surface area contributed by atoms with E-state index >= 15 is 0 Å². The number of anilines is 1. The Morgan fingerprint density at radius 1 is 1.43 bits per heavy atom. The SMILES string of the molecule is Nc1nc2cccc(I)c2n1C(F)F. The van der Waals surface area contributed by atoms with Crippen molar-refractivity contribution in [1.82, 2.24) is 9.55 Å². The van der Waals surface area contributed by atoms with Gasteiger partial charge >= 0.3 is 6.55 Å². The number of nitrogen functional groups attached to an aromatic ring is 1. The van der Waals surface area contributed by atoms with Crippen LogP contribution in [-0.2, 0) is 0 Å². The molecule has 0 saturated carbocycles. The number of fused-ring (bicyclic) bond motifs is 1. The molecule has 0 unspecified atom stereocenters. The number of nitrogens with zero attached hydrogens (tertiary/aromatic N) is 2. The van der Waals surface area contributed by atoms with E-state index in [2.05, 4.69) is 4.98 Å². The Morgan fingerprint density at radius 3 is 2.79 bits per heavy atom. The van der Waals surface area contributed by atoms with Gasteiger partial charge in [0.15, 0.2) is 0 Å². The van der Waals surface area contributed by atoms with E-state index in [0.717, 1.165) is 4.57 Å². The number of para-hydroxylation sites is 1. The van der Waals surface area contributed by atoms with Gasteiger partial charge in [0, 0.05) is 3.57 Å². The van der Waals surface area contributed by atoms with Crippen LogP contribution in [0.1, 0.15) is 6.55 Å². The van der Waals surface area contributed by atoms with Gasteiger partial charge in [-0.1, -0.05) is 6.07 Å². The van der Waals surface area contributed by atoms with Gasteiger partial charge in [0.25, 0.3) is 0 Å². The highest BCUT2D eigenvalue weighted by Crippen LogP contribution is 2.27. The Labute approximate surface area is 92.0 Å². The van der Waals surface area contributed by atoms with Gasteiger partial charge in [0.2, 0.25) is 5.95 Å². The first-order valence-electron chi connectivity index (χ1n) is 3.81. The van der Waals surface area contributed by atoms with Crippen LogP contribution in [0.3, 0.4) is 0 Å². The van der Waals surface area contributed by atoms with E-state index in [1.165, 1.54) is 0 Å². The molecule has 0 bridgehead atoms. The highest BCUT2D eigenvalue weighted by Gasteiger charge is 2.17. The fraction of sp³-hybridized carbons (Fsp3) is 0.125. The molecule has 0 aliphatic carbocycles. The third kappa shape index (κ3) is 1.33. The molecule has 2 N–H and O–H groups in total. The van der Waals surface area contributed by atoms with Crippen molar-refractivity contribution in [3.05, 3.63) is 21.8 Å². The Bertz CT molecular complexity index is 481. The second-order valence-corrected chi connectivity index (χ2v) is 3.89. The number of aromatic nitrogens is 2. The van der Waals surface area contributed by atoms with E-state index in [1.54, 1.807) is 18.2 Å². The minimum absolute atomic E-state index is 0.154. The van der Waals surface area contributed by atoms with E-state index in [1.807, 2.05) is 22.6 Å². The lowest BCUT2D eigenvalue weighted by molar-refractivity contribution is 0.0769.